The van der Waals surface area contributed by atoms with Crippen molar-refractivity contribution in [2.24, 2.45) is 5.73 Å². The number of hydrogen-bond acceptors (Lipinski definition) is 5. The summed E-state index contributed by atoms with van der Waals surface area (Å²) in [5.74, 6) is -0.0561. The molecule has 144 valence electrons. The third-order valence-electron chi connectivity index (χ3n) is 4.46. The first-order chi connectivity index (χ1) is 14.0. The summed E-state index contributed by atoms with van der Waals surface area (Å²) in [5, 5.41) is 0.148. The molecule has 2 N–H and O–H groups in total. The van der Waals surface area contributed by atoms with E-state index in [0.29, 0.717) is 21.9 Å². The Balaban J connectivity index is 1.94. The Hall–Kier alpha value is -3.45. The summed E-state index contributed by atoms with van der Waals surface area (Å²) in [4.78, 5) is 34.6. The molecule has 1 amide bonds. The van der Waals surface area contributed by atoms with Crippen LogP contribution in [0.4, 0.5) is 0 Å². The van der Waals surface area contributed by atoms with Crippen LogP contribution in [-0.4, -0.2) is 20.4 Å². The number of aromatic nitrogens is 3. The van der Waals surface area contributed by atoms with Crippen molar-refractivity contribution in [3.63, 3.8) is 0 Å². The van der Waals surface area contributed by atoms with Gasteiger partial charge in [0.2, 0.25) is 5.91 Å². The van der Waals surface area contributed by atoms with Gasteiger partial charge in [0, 0.05) is 6.20 Å². The minimum Gasteiger partial charge on any atom is -0.368 e. The van der Waals surface area contributed by atoms with E-state index in [1.54, 1.807) is 24.4 Å². The second-order valence-corrected chi connectivity index (χ2v) is 7.63. The van der Waals surface area contributed by atoms with Crippen LogP contribution in [0.25, 0.3) is 16.7 Å². The zero-order chi connectivity index (χ0) is 20.4. The fourth-order valence-corrected chi connectivity index (χ4v) is 4.11. The number of amides is 1. The van der Waals surface area contributed by atoms with E-state index in [1.807, 2.05) is 55.5 Å². The highest BCUT2D eigenvalue weighted by Crippen LogP contribution is 2.34. The molecule has 2 aromatic carbocycles. The molecule has 0 saturated carbocycles. The van der Waals surface area contributed by atoms with Crippen LogP contribution in [-0.2, 0) is 4.79 Å². The van der Waals surface area contributed by atoms with Gasteiger partial charge in [-0.2, -0.15) is 0 Å². The van der Waals surface area contributed by atoms with E-state index in [9.17, 15) is 9.59 Å². The van der Waals surface area contributed by atoms with Crippen molar-refractivity contribution in [2.75, 3.05) is 0 Å². The number of para-hydroxylation sites is 1. The third-order valence-corrected chi connectivity index (χ3v) is 5.68. The number of carbonyl (C=O) groups excluding carboxylic acids is 1. The normalized spacial score (nSPS) is 12.0. The molecule has 0 fully saturated rings. The summed E-state index contributed by atoms with van der Waals surface area (Å²) in [5.41, 5.74) is 7.71. The first-order valence-electron chi connectivity index (χ1n) is 9.00. The molecule has 29 heavy (non-hydrogen) atoms. The Morgan fingerprint density at radius 2 is 1.79 bits per heavy atom. The number of thioether (sulfide) groups is 1. The Bertz CT molecular complexity index is 1250. The van der Waals surface area contributed by atoms with Gasteiger partial charge in [-0.15, -0.1) is 0 Å². The highest BCUT2D eigenvalue weighted by molar-refractivity contribution is 8.00. The number of nitrogens with zero attached hydrogens (tertiary/aromatic N) is 3. The summed E-state index contributed by atoms with van der Waals surface area (Å²) < 4.78 is 1.44. The summed E-state index contributed by atoms with van der Waals surface area (Å²) in [7, 11) is 0. The average molecular weight is 402 g/mol. The monoisotopic (exact) mass is 402 g/mol. The predicted octanol–water partition coefficient (Wildman–Crippen LogP) is 3.41. The standard InChI is InChI=1S/C22H18N4O2S/c1-14-11-12-24-18(13-14)26-21(28)16-9-5-6-10-17(16)25-22(26)29-19(20(23)27)15-7-3-2-4-8-15/h2-13,19H,1H3,(H2,23,27). The van der Waals surface area contributed by atoms with Gasteiger partial charge >= 0.3 is 0 Å². The van der Waals surface area contributed by atoms with Crippen LogP contribution < -0.4 is 11.3 Å². The average Bonchev–Trinajstić information content (AvgIpc) is 2.72. The SMILES string of the molecule is Cc1ccnc(-n2c(SC(C(N)=O)c3ccccc3)nc3ccccc3c2=O)c1. The maximum atomic E-state index is 13.3. The fourth-order valence-electron chi connectivity index (χ4n) is 3.06. The Kier molecular flexibility index (Phi) is 5.14. The van der Waals surface area contributed by atoms with Crippen LogP contribution in [0.15, 0.2) is 82.9 Å². The summed E-state index contributed by atoms with van der Waals surface area (Å²) >= 11 is 1.14. The molecule has 1 unspecified atom stereocenters. The molecule has 0 saturated heterocycles. The smallest absolute Gasteiger partial charge is 0.267 e. The van der Waals surface area contributed by atoms with E-state index in [-0.39, 0.29) is 5.56 Å². The lowest BCUT2D eigenvalue weighted by molar-refractivity contribution is -0.117. The molecule has 7 heteroatoms. The van der Waals surface area contributed by atoms with E-state index < -0.39 is 11.2 Å². The van der Waals surface area contributed by atoms with E-state index in [4.69, 9.17) is 5.73 Å². The van der Waals surface area contributed by atoms with Crippen molar-refractivity contribution in [3.8, 4) is 5.82 Å². The summed E-state index contributed by atoms with van der Waals surface area (Å²) in [6.07, 6.45) is 1.64. The molecule has 4 rings (SSSR count). The number of hydrogen-bond donors (Lipinski definition) is 1. The molecule has 2 heterocycles. The van der Waals surface area contributed by atoms with E-state index >= 15 is 0 Å². The number of aryl methyl sites for hydroxylation is 1. The molecule has 0 spiro atoms. The van der Waals surface area contributed by atoms with E-state index in [2.05, 4.69) is 9.97 Å². The van der Waals surface area contributed by atoms with Gasteiger partial charge < -0.3 is 5.73 Å². The van der Waals surface area contributed by atoms with Crippen molar-refractivity contribution < 1.29 is 4.79 Å². The zero-order valence-electron chi connectivity index (χ0n) is 15.6. The zero-order valence-corrected chi connectivity index (χ0v) is 16.5. The number of primary amides is 1. The van der Waals surface area contributed by atoms with Gasteiger partial charge in [0.15, 0.2) is 5.16 Å². The van der Waals surface area contributed by atoms with Gasteiger partial charge in [0.25, 0.3) is 5.56 Å². The molecule has 2 aromatic heterocycles. The lowest BCUT2D eigenvalue weighted by Gasteiger charge is -2.17. The van der Waals surface area contributed by atoms with Crippen molar-refractivity contribution in [1.82, 2.24) is 14.5 Å². The molecule has 6 nitrogen and oxygen atoms in total. The third kappa shape index (κ3) is 3.77. The number of fused-ring (bicyclic) bond motifs is 1. The Morgan fingerprint density at radius 3 is 2.52 bits per heavy atom. The minimum absolute atomic E-state index is 0.243. The number of carbonyl (C=O) groups is 1. The second kappa shape index (κ2) is 7.89. The van der Waals surface area contributed by atoms with Crippen molar-refractivity contribution >= 4 is 28.6 Å². The summed E-state index contributed by atoms with van der Waals surface area (Å²) in [6, 6.07) is 20.0. The molecule has 0 aliphatic heterocycles. The van der Waals surface area contributed by atoms with Gasteiger partial charge in [-0.3, -0.25) is 9.59 Å². The molecular formula is C22H18N4O2S. The van der Waals surface area contributed by atoms with Crippen LogP contribution in [0.2, 0.25) is 0 Å². The first-order valence-corrected chi connectivity index (χ1v) is 9.88. The highest BCUT2D eigenvalue weighted by atomic mass is 32.2. The highest BCUT2D eigenvalue weighted by Gasteiger charge is 2.24. The molecule has 0 radical (unpaired) electrons. The number of rotatable bonds is 5. The molecule has 1 atom stereocenters. The second-order valence-electron chi connectivity index (χ2n) is 6.55. The first kappa shape index (κ1) is 18.9. The van der Waals surface area contributed by atoms with Crippen molar-refractivity contribution in [3.05, 3.63) is 94.4 Å². The van der Waals surface area contributed by atoms with Crippen molar-refractivity contribution in [2.45, 2.75) is 17.3 Å². The van der Waals surface area contributed by atoms with Gasteiger partial charge in [-0.25, -0.2) is 14.5 Å². The Morgan fingerprint density at radius 1 is 1.07 bits per heavy atom. The minimum atomic E-state index is -0.694. The molecule has 0 bridgehead atoms. The van der Waals surface area contributed by atoms with E-state index in [0.717, 1.165) is 22.9 Å². The molecule has 0 aliphatic rings. The van der Waals surface area contributed by atoms with Crippen LogP contribution in [0.5, 0.6) is 0 Å². The lowest BCUT2D eigenvalue weighted by Crippen LogP contribution is -2.25. The predicted molar refractivity (Wildman–Crippen MR) is 114 cm³/mol. The number of pyridine rings is 1. The quantitative estimate of drug-likeness (QED) is 0.408. The molecular weight excluding hydrogens is 384 g/mol. The lowest BCUT2D eigenvalue weighted by atomic mass is 10.1. The van der Waals surface area contributed by atoms with Gasteiger partial charge in [0.05, 0.1) is 10.9 Å². The van der Waals surface area contributed by atoms with Gasteiger partial charge in [-0.05, 0) is 42.3 Å². The van der Waals surface area contributed by atoms with Crippen LogP contribution in [0, 0.1) is 6.92 Å². The fraction of sp³-hybridized carbons (Fsp3) is 0.0909. The molecule has 4 aromatic rings. The number of nitrogens with two attached hydrogens (primary N) is 1. The molecule has 0 aliphatic carbocycles. The number of benzene rings is 2. The van der Waals surface area contributed by atoms with Crippen LogP contribution in [0.1, 0.15) is 16.4 Å². The van der Waals surface area contributed by atoms with Crippen molar-refractivity contribution in [1.29, 1.82) is 0 Å². The van der Waals surface area contributed by atoms with Gasteiger partial charge in [0.1, 0.15) is 11.1 Å². The Labute approximate surface area is 171 Å². The van der Waals surface area contributed by atoms with Gasteiger partial charge in [-0.1, -0.05) is 54.2 Å². The maximum Gasteiger partial charge on any atom is 0.267 e. The van der Waals surface area contributed by atoms with Crippen LogP contribution >= 0.6 is 11.8 Å². The topological polar surface area (TPSA) is 90.9 Å². The maximum absolute atomic E-state index is 13.3. The van der Waals surface area contributed by atoms with E-state index in [1.165, 1.54) is 4.57 Å². The largest absolute Gasteiger partial charge is 0.368 e. The van der Waals surface area contributed by atoms with Crippen LogP contribution in [0.3, 0.4) is 0 Å². The summed E-state index contributed by atoms with van der Waals surface area (Å²) in [6.45, 7) is 1.92.